The van der Waals surface area contributed by atoms with Gasteiger partial charge < -0.3 is 9.64 Å². The molecule has 2 aromatic rings. The first-order valence-corrected chi connectivity index (χ1v) is 15.6. The van der Waals surface area contributed by atoms with Gasteiger partial charge in [0.2, 0.25) is 10.0 Å². The third-order valence-corrected chi connectivity index (χ3v) is 9.86. The van der Waals surface area contributed by atoms with Crippen LogP contribution in [0.5, 0.6) is 0 Å². The van der Waals surface area contributed by atoms with Crippen LogP contribution in [0.3, 0.4) is 0 Å². The van der Waals surface area contributed by atoms with E-state index in [9.17, 15) is 21.6 Å². The minimum Gasteiger partial charge on any atom is -0.444 e. The van der Waals surface area contributed by atoms with Gasteiger partial charge in [-0.3, -0.25) is 4.18 Å². The highest BCUT2D eigenvalue weighted by Crippen LogP contribution is 2.43. The second-order valence-corrected chi connectivity index (χ2v) is 14.6. The monoisotopic (exact) mass is 564 g/mol. The molecule has 208 valence electrons. The van der Waals surface area contributed by atoms with Crippen LogP contribution < -0.4 is 4.72 Å². The standard InChI is InChI=1S/C27H36N2O7S2/c1-18-6-10-22(11-7-18)37(31,32)28-25-21(17-35-38(33,34)23-12-8-19(2)9-13-23)14-20-15-29(16-24(20)25)26(30)36-27(3,4)5/h6-13,20-21,24-25,28H,14-17H2,1-5H3/t20-,21+,24+,25+/m0/s1. The molecular weight excluding hydrogens is 528 g/mol. The van der Waals surface area contributed by atoms with E-state index in [4.69, 9.17) is 8.92 Å². The minimum absolute atomic E-state index is 0.0242. The SMILES string of the molecule is Cc1ccc(S(=O)(=O)N[C@@H]2[C@@H](COS(=O)(=O)c3ccc(C)cc3)C[C@H]3CN(C(=O)OC(C)(C)C)C[C@H]32)cc1. The average Bonchev–Trinajstić information content (AvgIpc) is 3.36. The second kappa shape index (κ2) is 10.6. The smallest absolute Gasteiger partial charge is 0.410 e. The van der Waals surface area contributed by atoms with Gasteiger partial charge in [-0.15, -0.1) is 0 Å². The molecule has 1 aliphatic carbocycles. The molecule has 0 spiro atoms. The van der Waals surface area contributed by atoms with Gasteiger partial charge in [0.05, 0.1) is 16.4 Å². The molecule has 0 aromatic heterocycles. The van der Waals surface area contributed by atoms with E-state index in [2.05, 4.69) is 4.72 Å². The van der Waals surface area contributed by atoms with Crippen molar-refractivity contribution in [1.82, 2.24) is 9.62 Å². The number of aryl methyl sites for hydroxylation is 2. The Balaban J connectivity index is 1.55. The largest absolute Gasteiger partial charge is 0.444 e. The minimum atomic E-state index is -4.02. The predicted octanol–water partition coefficient (Wildman–Crippen LogP) is 3.86. The van der Waals surface area contributed by atoms with E-state index in [0.717, 1.165) is 11.1 Å². The Hall–Kier alpha value is -2.47. The van der Waals surface area contributed by atoms with Gasteiger partial charge >= 0.3 is 6.09 Å². The third-order valence-electron chi connectivity index (χ3n) is 7.09. The zero-order chi connectivity index (χ0) is 27.9. The molecular formula is C27H36N2O7S2. The van der Waals surface area contributed by atoms with E-state index < -0.39 is 43.8 Å². The van der Waals surface area contributed by atoms with E-state index in [1.165, 1.54) is 12.1 Å². The molecule has 11 heteroatoms. The average molecular weight is 565 g/mol. The first-order valence-electron chi connectivity index (χ1n) is 12.7. The van der Waals surface area contributed by atoms with Crippen LogP contribution in [0.25, 0.3) is 0 Å². The Morgan fingerprint density at radius 1 is 0.921 bits per heavy atom. The van der Waals surface area contributed by atoms with E-state index >= 15 is 0 Å². The number of ether oxygens (including phenoxy) is 1. The number of fused-ring (bicyclic) bond motifs is 1. The summed E-state index contributed by atoms with van der Waals surface area (Å²) in [4.78, 5) is 14.5. The summed E-state index contributed by atoms with van der Waals surface area (Å²) in [6, 6.07) is 12.3. The number of hydrogen-bond donors (Lipinski definition) is 1. The van der Waals surface area contributed by atoms with Gasteiger partial charge in [-0.05, 0) is 77.1 Å². The quantitative estimate of drug-likeness (QED) is 0.507. The molecule has 2 fully saturated rings. The molecule has 0 radical (unpaired) electrons. The normalized spacial score (nSPS) is 23.9. The first-order chi connectivity index (χ1) is 17.6. The van der Waals surface area contributed by atoms with Gasteiger partial charge in [-0.2, -0.15) is 8.42 Å². The lowest BCUT2D eigenvalue weighted by atomic mass is 9.97. The van der Waals surface area contributed by atoms with Crippen molar-refractivity contribution in [1.29, 1.82) is 0 Å². The Morgan fingerprint density at radius 3 is 2.03 bits per heavy atom. The Bertz CT molecular complexity index is 1370. The van der Waals surface area contributed by atoms with Crippen LogP contribution in [0.4, 0.5) is 4.79 Å². The van der Waals surface area contributed by atoms with Crippen molar-refractivity contribution < 1.29 is 30.6 Å². The fraction of sp³-hybridized carbons (Fsp3) is 0.519. The molecule has 1 saturated heterocycles. The fourth-order valence-corrected chi connectivity index (χ4v) is 7.50. The third kappa shape index (κ3) is 6.56. The molecule has 9 nitrogen and oxygen atoms in total. The first kappa shape index (κ1) is 28.5. The maximum atomic E-state index is 13.3. The molecule has 1 saturated carbocycles. The number of benzene rings is 2. The summed E-state index contributed by atoms with van der Waals surface area (Å²) >= 11 is 0. The van der Waals surface area contributed by atoms with Gasteiger partial charge in [-0.25, -0.2) is 17.9 Å². The summed E-state index contributed by atoms with van der Waals surface area (Å²) in [5.74, 6) is -0.631. The number of carbonyl (C=O) groups is 1. The zero-order valence-electron chi connectivity index (χ0n) is 22.4. The van der Waals surface area contributed by atoms with Crippen LogP contribution in [0, 0.1) is 31.6 Å². The Kier molecular flexibility index (Phi) is 7.96. The Morgan fingerprint density at radius 2 is 1.47 bits per heavy atom. The highest BCUT2D eigenvalue weighted by atomic mass is 32.2. The molecule has 0 unspecified atom stereocenters. The number of hydrogen-bond acceptors (Lipinski definition) is 7. The molecule has 1 amide bonds. The summed E-state index contributed by atoms with van der Waals surface area (Å²) in [5.41, 5.74) is 1.20. The van der Waals surface area contributed by atoms with E-state index in [1.807, 2.05) is 13.8 Å². The fourth-order valence-electron chi connectivity index (χ4n) is 5.18. The maximum absolute atomic E-state index is 13.3. The van der Waals surface area contributed by atoms with Crippen molar-refractivity contribution >= 4 is 26.2 Å². The maximum Gasteiger partial charge on any atom is 0.410 e. The molecule has 1 aliphatic heterocycles. The lowest BCUT2D eigenvalue weighted by Gasteiger charge is -2.28. The Labute approximate surface area is 225 Å². The summed E-state index contributed by atoms with van der Waals surface area (Å²) in [7, 11) is -7.92. The highest BCUT2D eigenvalue weighted by molar-refractivity contribution is 7.89. The number of nitrogens with one attached hydrogen (secondary N) is 1. The second-order valence-electron chi connectivity index (χ2n) is 11.3. The predicted molar refractivity (Wildman–Crippen MR) is 142 cm³/mol. The van der Waals surface area contributed by atoms with Crippen LogP contribution in [-0.4, -0.2) is 59.2 Å². The van der Waals surface area contributed by atoms with Crippen LogP contribution in [0.15, 0.2) is 58.3 Å². The number of sulfonamides is 1. The molecule has 2 aromatic carbocycles. The van der Waals surface area contributed by atoms with Crippen LogP contribution in [0.1, 0.15) is 38.3 Å². The van der Waals surface area contributed by atoms with Crippen molar-refractivity contribution in [2.24, 2.45) is 17.8 Å². The van der Waals surface area contributed by atoms with Crippen LogP contribution in [-0.2, 0) is 29.1 Å². The molecule has 4 rings (SSSR count). The lowest BCUT2D eigenvalue weighted by Crippen LogP contribution is -2.45. The van der Waals surface area contributed by atoms with Gasteiger partial charge in [0, 0.05) is 25.0 Å². The van der Waals surface area contributed by atoms with Gasteiger partial charge in [-0.1, -0.05) is 35.4 Å². The van der Waals surface area contributed by atoms with Crippen LogP contribution >= 0.6 is 0 Å². The van der Waals surface area contributed by atoms with E-state index in [0.29, 0.717) is 19.5 Å². The van der Waals surface area contributed by atoms with Crippen molar-refractivity contribution in [3.05, 3.63) is 59.7 Å². The van der Waals surface area contributed by atoms with Crippen LogP contribution in [0.2, 0.25) is 0 Å². The zero-order valence-corrected chi connectivity index (χ0v) is 24.0. The molecule has 2 aliphatic rings. The summed E-state index contributed by atoms with van der Waals surface area (Å²) < 4.78 is 66.1. The van der Waals surface area contributed by atoms with Gasteiger partial charge in [0.15, 0.2) is 0 Å². The molecule has 0 bridgehead atoms. The molecule has 4 atom stereocenters. The molecule has 1 N–H and O–H groups in total. The summed E-state index contributed by atoms with van der Waals surface area (Å²) in [6.07, 6.45) is 0.0656. The van der Waals surface area contributed by atoms with Crippen molar-refractivity contribution in [3.63, 3.8) is 0 Å². The number of rotatable bonds is 7. The summed E-state index contributed by atoms with van der Waals surface area (Å²) in [6.45, 7) is 9.66. The van der Waals surface area contributed by atoms with Crippen molar-refractivity contribution in [3.8, 4) is 0 Å². The molecule has 1 heterocycles. The highest BCUT2D eigenvalue weighted by Gasteiger charge is 2.51. The van der Waals surface area contributed by atoms with E-state index in [1.54, 1.807) is 62.1 Å². The summed E-state index contributed by atoms with van der Waals surface area (Å²) in [5, 5.41) is 0. The number of likely N-dealkylation sites (tertiary alicyclic amines) is 1. The van der Waals surface area contributed by atoms with Crippen molar-refractivity contribution in [2.75, 3.05) is 19.7 Å². The lowest BCUT2D eigenvalue weighted by molar-refractivity contribution is 0.0274. The number of amides is 1. The van der Waals surface area contributed by atoms with Crippen molar-refractivity contribution in [2.45, 2.75) is 62.5 Å². The number of carbonyl (C=O) groups excluding carboxylic acids is 1. The topological polar surface area (TPSA) is 119 Å². The van der Waals surface area contributed by atoms with Gasteiger partial charge in [0.1, 0.15) is 5.60 Å². The molecule has 38 heavy (non-hydrogen) atoms. The van der Waals surface area contributed by atoms with E-state index in [-0.39, 0.29) is 28.2 Å². The number of nitrogens with zero attached hydrogens (tertiary/aromatic N) is 1. The van der Waals surface area contributed by atoms with Gasteiger partial charge in [0.25, 0.3) is 10.1 Å².